The van der Waals surface area contributed by atoms with Crippen LogP contribution in [0.2, 0.25) is 0 Å². The Hall–Kier alpha value is -1.92. The van der Waals surface area contributed by atoms with Gasteiger partial charge in [-0.05, 0) is 71.8 Å². The lowest BCUT2D eigenvalue weighted by Crippen LogP contribution is -2.34. The highest BCUT2D eigenvalue weighted by Gasteiger charge is 2.10. The maximum atomic E-state index is 12.1. The number of phenols is 1. The summed E-state index contributed by atoms with van der Waals surface area (Å²) in [5.74, 6) is -0.0870. The van der Waals surface area contributed by atoms with Gasteiger partial charge in [0.15, 0.2) is 5.11 Å². The molecule has 6 heteroatoms. The van der Waals surface area contributed by atoms with E-state index in [9.17, 15) is 9.90 Å². The number of amides is 1. The molecule has 0 aliphatic carbocycles. The van der Waals surface area contributed by atoms with Crippen LogP contribution in [0.4, 0.5) is 5.69 Å². The minimum absolute atomic E-state index is 0.181. The maximum absolute atomic E-state index is 12.1. The van der Waals surface area contributed by atoms with Crippen LogP contribution in [0.3, 0.4) is 0 Å². The maximum Gasteiger partial charge on any atom is 0.257 e. The number of aryl methyl sites for hydroxylation is 2. The Balaban J connectivity index is 2.06. The standard InChI is InChI=1S/C16H15BrN2O2S/c1-9-4-3-5-11(6-9)15(21)19-16(22)18-12-7-10(2)14(20)13(17)8-12/h3-8,20H,1-2H3,(H2,18,19,21,22). The van der Waals surface area contributed by atoms with E-state index in [-0.39, 0.29) is 16.8 Å². The van der Waals surface area contributed by atoms with Crippen LogP contribution in [0.5, 0.6) is 5.75 Å². The number of aromatic hydroxyl groups is 1. The van der Waals surface area contributed by atoms with Crippen molar-refractivity contribution in [2.45, 2.75) is 13.8 Å². The van der Waals surface area contributed by atoms with Crippen molar-refractivity contribution < 1.29 is 9.90 Å². The average molecular weight is 379 g/mol. The molecular weight excluding hydrogens is 364 g/mol. The summed E-state index contributed by atoms with van der Waals surface area (Å²) in [6.45, 7) is 3.70. The molecule has 2 aromatic rings. The van der Waals surface area contributed by atoms with E-state index < -0.39 is 0 Å². The molecule has 0 saturated heterocycles. The lowest BCUT2D eigenvalue weighted by atomic mass is 10.1. The van der Waals surface area contributed by atoms with E-state index in [0.717, 1.165) is 5.56 Å². The number of hydrogen-bond acceptors (Lipinski definition) is 3. The van der Waals surface area contributed by atoms with Gasteiger partial charge in [-0.3, -0.25) is 10.1 Å². The van der Waals surface area contributed by atoms with Gasteiger partial charge in [-0.1, -0.05) is 17.7 Å². The Morgan fingerprint density at radius 2 is 1.95 bits per heavy atom. The molecule has 0 aliphatic heterocycles. The van der Waals surface area contributed by atoms with Crippen LogP contribution in [-0.4, -0.2) is 16.1 Å². The zero-order chi connectivity index (χ0) is 16.3. The van der Waals surface area contributed by atoms with Crippen LogP contribution in [0.25, 0.3) is 0 Å². The van der Waals surface area contributed by atoms with Crippen LogP contribution in [0.1, 0.15) is 21.5 Å². The summed E-state index contributed by atoms with van der Waals surface area (Å²) in [4.78, 5) is 12.1. The fourth-order valence-corrected chi connectivity index (χ4v) is 2.70. The predicted molar refractivity (Wildman–Crippen MR) is 95.4 cm³/mol. The molecule has 3 N–H and O–H groups in total. The fourth-order valence-electron chi connectivity index (χ4n) is 1.93. The van der Waals surface area contributed by atoms with E-state index in [1.807, 2.05) is 19.1 Å². The highest BCUT2D eigenvalue weighted by molar-refractivity contribution is 9.10. The minimum atomic E-state index is -0.268. The third kappa shape index (κ3) is 4.05. The van der Waals surface area contributed by atoms with Gasteiger partial charge in [0, 0.05) is 11.3 Å². The van der Waals surface area contributed by atoms with Gasteiger partial charge in [0.1, 0.15) is 5.75 Å². The van der Waals surface area contributed by atoms with Crippen LogP contribution in [0.15, 0.2) is 40.9 Å². The van der Waals surface area contributed by atoms with Gasteiger partial charge in [0.05, 0.1) is 4.47 Å². The number of hydrogen-bond donors (Lipinski definition) is 3. The minimum Gasteiger partial charge on any atom is -0.506 e. The van der Waals surface area contributed by atoms with Gasteiger partial charge in [-0.15, -0.1) is 0 Å². The first kappa shape index (κ1) is 16.5. The quantitative estimate of drug-likeness (QED) is 0.547. The molecule has 0 unspecified atom stereocenters. The smallest absolute Gasteiger partial charge is 0.257 e. The first-order valence-electron chi connectivity index (χ1n) is 6.55. The first-order chi connectivity index (χ1) is 10.4. The van der Waals surface area contributed by atoms with Crippen molar-refractivity contribution in [2.24, 2.45) is 0 Å². The summed E-state index contributed by atoms with van der Waals surface area (Å²) in [5, 5.41) is 15.5. The Labute approximate surface area is 142 Å². The molecule has 0 spiro atoms. The van der Waals surface area contributed by atoms with Crippen LogP contribution >= 0.6 is 28.1 Å². The Morgan fingerprint density at radius 1 is 1.23 bits per heavy atom. The summed E-state index contributed by atoms with van der Waals surface area (Å²) in [6, 6.07) is 10.7. The number of thiocarbonyl (C=S) groups is 1. The molecule has 0 aliphatic rings. The molecule has 0 radical (unpaired) electrons. The number of benzene rings is 2. The summed E-state index contributed by atoms with van der Waals surface area (Å²) < 4.78 is 0.558. The second-order valence-electron chi connectivity index (χ2n) is 4.90. The molecule has 0 bridgehead atoms. The Morgan fingerprint density at radius 3 is 2.59 bits per heavy atom. The van der Waals surface area contributed by atoms with Crippen LogP contribution in [0, 0.1) is 13.8 Å². The molecule has 0 fully saturated rings. The molecular formula is C16H15BrN2O2S. The second kappa shape index (κ2) is 6.89. The lowest BCUT2D eigenvalue weighted by molar-refractivity contribution is 0.0977. The van der Waals surface area contributed by atoms with E-state index in [4.69, 9.17) is 12.2 Å². The van der Waals surface area contributed by atoms with E-state index >= 15 is 0 Å². The van der Waals surface area contributed by atoms with Crippen molar-refractivity contribution in [3.8, 4) is 5.75 Å². The van der Waals surface area contributed by atoms with Crippen molar-refractivity contribution >= 4 is 44.9 Å². The van der Waals surface area contributed by atoms with Crippen molar-refractivity contribution in [2.75, 3.05) is 5.32 Å². The third-order valence-corrected chi connectivity index (χ3v) is 3.83. The number of halogens is 1. The summed E-state index contributed by atoms with van der Waals surface area (Å²) in [5.41, 5.74) is 2.93. The van der Waals surface area contributed by atoms with E-state index in [2.05, 4.69) is 26.6 Å². The molecule has 0 heterocycles. The number of carbonyl (C=O) groups is 1. The van der Waals surface area contributed by atoms with Gasteiger partial charge in [0.25, 0.3) is 5.91 Å². The number of carbonyl (C=O) groups excluding carboxylic acids is 1. The van der Waals surface area contributed by atoms with Gasteiger partial charge >= 0.3 is 0 Å². The highest BCUT2D eigenvalue weighted by atomic mass is 79.9. The zero-order valence-electron chi connectivity index (χ0n) is 12.1. The molecule has 0 atom stereocenters. The van der Waals surface area contributed by atoms with Gasteiger partial charge < -0.3 is 10.4 Å². The predicted octanol–water partition coefficient (Wildman–Crippen LogP) is 3.90. The molecule has 114 valence electrons. The SMILES string of the molecule is Cc1cccc(C(=O)NC(=S)Nc2cc(C)c(O)c(Br)c2)c1. The fraction of sp³-hybridized carbons (Fsp3) is 0.125. The topological polar surface area (TPSA) is 61.4 Å². The Bertz CT molecular complexity index is 724. The number of rotatable bonds is 2. The normalized spacial score (nSPS) is 10.1. The van der Waals surface area contributed by atoms with Gasteiger partial charge in [0.2, 0.25) is 0 Å². The molecule has 2 aromatic carbocycles. The molecule has 0 saturated carbocycles. The van der Waals surface area contributed by atoms with Crippen molar-refractivity contribution in [1.82, 2.24) is 5.32 Å². The Kier molecular flexibility index (Phi) is 5.15. The largest absolute Gasteiger partial charge is 0.506 e. The van der Waals surface area contributed by atoms with Gasteiger partial charge in [-0.2, -0.15) is 0 Å². The number of phenolic OH excluding ortho intramolecular Hbond substituents is 1. The molecule has 4 nitrogen and oxygen atoms in total. The van der Waals surface area contributed by atoms with Crippen molar-refractivity contribution in [1.29, 1.82) is 0 Å². The van der Waals surface area contributed by atoms with Crippen LogP contribution < -0.4 is 10.6 Å². The second-order valence-corrected chi connectivity index (χ2v) is 6.16. The van der Waals surface area contributed by atoms with E-state index in [0.29, 0.717) is 21.3 Å². The third-order valence-electron chi connectivity index (χ3n) is 3.02. The molecule has 1 amide bonds. The average Bonchev–Trinajstić information content (AvgIpc) is 2.44. The summed E-state index contributed by atoms with van der Waals surface area (Å²) in [7, 11) is 0. The van der Waals surface area contributed by atoms with Gasteiger partial charge in [-0.25, -0.2) is 0 Å². The zero-order valence-corrected chi connectivity index (χ0v) is 14.5. The highest BCUT2D eigenvalue weighted by Crippen LogP contribution is 2.30. The number of nitrogens with one attached hydrogen (secondary N) is 2. The van der Waals surface area contributed by atoms with Crippen molar-refractivity contribution in [3.63, 3.8) is 0 Å². The number of anilines is 1. The van der Waals surface area contributed by atoms with E-state index in [1.165, 1.54) is 0 Å². The molecule has 22 heavy (non-hydrogen) atoms. The first-order valence-corrected chi connectivity index (χ1v) is 7.75. The summed E-state index contributed by atoms with van der Waals surface area (Å²) >= 11 is 8.41. The lowest BCUT2D eigenvalue weighted by Gasteiger charge is -2.12. The van der Waals surface area contributed by atoms with Crippen LogP contribution in [-0.2, 0) is 0 Å². The monoisotopic (exact) mass is 378 g/mol. The summed E-state index contributed by atoms with van der Waals surface area (Å²) in [6.07, 6.45) is 0. The van der Waals surface area contributed by atoms with E-state index in [1.54, 1.807) is 31.2 Å². The van der Waals surface area contributed by atoms with Crippen molar-refractivity contribution in [3.05, 3.63) is 57.6 Å². The molecule has 2 rings (SSSR count). The molecule has 0 aromatic heterocycles.